The van der Waals surface area contributed by atoms with Gasteiger partial charge < -0.3 is 10.2 Å². The highest BCUT2D eigenvalue weighted by Crippen LogP contribution is 2.27. The number of nitrogens with one attached hydrogen (secondary N) is 1. The number of nitrogens with zero attached hydrogens (tertiary/aromatic N) is 2. The zero-order valence-electron chi connectivity index (χ0n) is 14.0. The van der Waals surface area contributed by atoms with E-state index in [0.29, 0.717) is 18.0 Å². The second-order valence-corrected chi connectivity index (χ2v) is 6.60. The van der Waals surface area contributed by atoms with Crippen LogP contribution in [0.3, 0.4) is 0 Å². The van der Waals surface area contributed by atoms with E-state index in [9.17, 15) is 0 Å². The van der Waals surface area contributed by atoms with Crippen molar-refractivity contribution in [2.24, 2.45) is 5.92 Å². The molecule has 0 saturated carbocycles. The van der Waals surface area contributed by atoms with E-state index in [1.54, 1.807) is 0 Å². The molecule has 1 saturated heterocycles. The molecule has 2 rings (SSSR count). The second-order valence-electron chi connectivity index (χ2n) is 6.60. The molecular formula is C18H31N3. The van der Waals surface area contributed by atoms with E-state index < -0.39 is 0 Å². The van der Waals surface area contributed by atoms with Crippen molar-refractivity contribution < 1.29 is 0 Å². The molecule has 1 N–H and O–H groups in total. The SMILES string of the molecule is CNC(c1ccccc1)C(C(C)C)N1CCCN(C)CC1. The van der Waals surface area contributed by atoms with E-state index in [2.05, 4.69) is 73.4 Å². The van der Waals surface area contributed by atoms with Crippen LogP contribution in [0.1, 0.15) is 31.9 Å². The van der Waals surface area contributed by atoms with E-state index in [-0.39, 0.29) is 0 Å². The Labute approximate surface area is 130 Å². The van der Waals surface area contributed by atoms with Crippen molar-refractivity contribution in [3.63, 3.8) is 0 Å². The molecule has 1 aromatic carbocycles. The van der Waals surface area contributed by atoms with Crippen molar-refractivity contribution in [2.45, 2.75) is 32.4 Å². The summed E-state index contributed by atoms with van der Waals surface area (Å²) in [4.78, 5) is 5.15. The van der Waals surface area contributed by atoms with Gasteiger partial charge in [0.1, 0.15) is 0 Å². The van der Waals surface area contributed by atoms with Crippen molar-refractivity contribution in [1.29, 1.82) is 0 Å². The lowest BCUT2D eigenvalue weighted by molar-refractivity contribution is 0.124. The molecule has 0 radical (unpaired) electrons. The van der Waals surface area contributed by atoms with Crippen molar-refractivity contribution in [1.82, 2.24) is 15.1 Å². The van der Waals surface area contributed by atoms with Gasteiger partial charge in [-0.05, 0) is 45.1 Å². The fourth-order valence-electron chi connectivity index (χ4n) is 3.58. The Bertz CT molecular complexity index is 404. The Morgan fingerprint density at radius 3 is 2.33 bits per heavy atom. The summed E-state index contributed by atoms with van der Waals surface area (Å²) in [7, 11) is 4.33. The summed E-state index contributed by atoms with van der Waals surface area (Å²) in [6.07, 6.45) is 1.27. The Balaban J connectivity index is 2.20. The van der Waals surface area contributed by atoms with Crippen molar-refractivity contribution in [3.05, 3.63) is 35.9 Å². The summed E-state index contributed by atoms with van der Waals surface area (Å²) in [5.41, 5.74) is 1.40. The molecule has 0 aliphatic carbocycles. The predicted molar refractivity (Wildman–Crippen MR) is 90.6 cm³/mol. The van der Waals surface area contributed by atoms with Crippen LogP contribution in [-0.4, -0.2) is 56.1 Å². The zero-order valence-corrected chi connectivity index (χ0v) is 14.0. The Morgan fingerprint density at radius 2 is 1.71 bits per heavy atom. The van der Waals surface area contributed by atoms with Crippen molar-refractivity contribution >= 4 is 0 Å². The maximum atomic E-state index is 3.57. The second kappa shape index (κ2) is 7.92. The van der Waals surface area contributed by atoms with Crippen LogP contribution in [0, 0.1) is 5.92 Å². The Hall–Kier alpha value is -0.900. The number of likely N-dealkylation sites (N-methyl/N-ethyl adjacent to an activating group) is 2. The largest absolute Gasteiger partial charge is 0.312 e. The molecule has 2 atom stereocenters. The molecule has 1 heterocycles. The molecule has 2 unspecified atom stereocenters. The zero-order chi connectivity index (χ0) is 15.2. The van der Waals surface area contributed by atoms with Crippen molar-refractivity contribution in [3.8, 4) is 0 Å². The number of hydrogen-bond acceptors (Lipinski definition) is 3. The number of benzene rings is 1. The number of hydrogen-bond donors (Lipinski definition) is 1. The fourth-order valence-corrected chi connectivity index (χ4v) is 3.58. The molecule has 0 bridgehead atoms. The van der Waals surface area contributed by atoms with Crippen LogP contribution in [0.15, 0.2) is 30.3 Å². The molecule has 3 nitrogen and oxygen atoms in total. The van der Waals surface area contributed by atoms with Crippen molar-refractivity contribution in [2.75, 3.05) is 40.3 Å². The lowest BCUT2D eigenvalue weighted by Crippen LogP contribution is -2.48. The molecule has 3 heteroatoms. The van der Waals surface area contributed by atoms with E-state index in [4.69, 9.17) is 0 Å². The van der Waals surface area contributed by atoms with Gasteiger partial charge in [-0.15, -0.1) is 0 Å². The van der Waals surface area contributed by atoms with Gasteiger partial charge in [-0.2, -0.15) is 0 Å². The van der Waals surface area contributed by atoms with Gasteiger partial charge in [-0.3, -0.25) is 4.90 Å². The van der Waals surface area contributed by atoms with Crippen LogP contribution < -0.4 is 5.32 Å². The maximum Gasteiger partial charge on any atom is 0.0478 e. The third-order valence-electron chi connectivity index (χ3n) is 4.67. The molecule has 118 valence electrons. The normalized spacial score (nSPS) is 21.2. The van der Waals surface area contributed by atoms with Gasteiger partial charge in [0.05, 0.1) is 0 Å². The lowest BCUT2D eigenvalue weighted by Gasteiger charge is -2.39. The van der Waals surface area contributed by atoms with Crippen LogP contribution in [0.5, 0.6) is 0 Å². The van der Waals surface area contributed by atoms with E-state index >= 15 is 0 Å². The minimum atomic E-state index is 0.398. The Kier molecular flexibility index (Phi) is 6.22. The first-order valence-corrected chi connectivity index (χ1v) is 8.28. The first-order chi connectivity index (χ1) is 10.1. The molecule has 0 amide bonds. The third-order valence-corrected chi connectivity index (χ3v) is 4.67. The lowest BCUT2D eigenvalue weighted by atomic mass is 9.89. The smallest absolute Gasteiger partial charge is 0.0478 e. The van der Waals surface area contributed by atoms with Crippen LogP contribution in [0.4, 0.5) is 0 Å². The van der Waals surface area contributed by atoms with E-state index in [1.807, 2.05) is 0 Å². The Morgan fingerprint density at radius 1 is 1.00 bits per heavy atom. The highest BCUT2D eigenvalue weighted by atomic mass is 15.2. The highest BCUT2D eigenvalue weighted by Gasteiger charge is 2.31. The van der Waals surface area contributed by atoms with Gasteiger partial charge in [-0.25, -0.2) is 0 Å². The average molecular weight is 289 g/mol. The molecular weight excluding hydrogens is 258 g/mol. The first kappa shape index (κ1) is 16.5. The number of rotatable bonds is 5. The summed E-state index contributed by atoms with van der Waals surface area (Å²) in [5, 5.41) is 3.57. The molecule has 1 aliphatic rings. The monoisotopic (exact) mass is 289 g/mol. The summed E-state index contributed by atoms with van der Waals surface area (Å²) >= 11 is 0. The van der Waals surface area contributed by atoms with Crippen LogP contribution in [0.2, 0.25) is 0 Å². The molecule has 1 aromatic rings. The van der Waals surface area contributed by atoms with Gasteiger partial charge in [0.2, 0.25) is 0 Å². The average Bonchev–Trinajstić information content (AvgIpc) is 2.70. The first-order valence-electron chi connectivity index (χ1n) is 8.28. The topological polar surface area (TPSA) is 18.5 Å². The molecule has 1 fully saturated rings. The van der Waals surface area contributed by atoms with Gasteiger partial charge in [0.25, 0.3) is 0 Å². The van der Waals surface area contributed by atoms with Gasteiger partial charge in [0.15, 0.2) is 0 Å². The third kappa shape index (κ3) is 4.29. The molecule has 0 aromatic heterocycles. The maximum absolute atomic E-state index is 3.57. The summed E-state index contributed by atoms with van der Waals surface area (Å²) in [5.74, 6) is 0.631. The van der Waals surface area contributed by atoms with Crippen LogP contribution >= 0.6 is 0 Å². The fraction of sp³-hybridized carbons (Fsp3) is 0.667. The van der Waals surface area contributed by atoms with E-state index in [0.717, 1.165) is 0 Å². The standard InChI is InChI=1S/C18H31N3/c1-15(2)18(21-12-8-11-20(4)13-14-21)17(19-3)16-9-6-5-7-10-16/h5-7,9-10,15,17-19H,8,11-14H2,1-4H3. The molecule has 21 heavy (non-hydrogen) atoms. The van der Waals surface area contributed by atoms with Crippen LogP contribution in [0.25, 0.3) is 0 Å². The van der Waals surface area contributed by atoms with Gasteiger partial charge >= 0.3 is 0 Å². The molecule has 0 spiro atoms. The minimum Gasteiger partial charge on any atom is -0.312 e. The van der Waals surface area contributed by atoms with Gasteiger partial charge in [-0.1, -0.05) is 44.2 Å². The molecule has 1 aliphatic heterocycles. The predicted octanol–water partition coefficient (Wildman–Crippen LogP) is 2.61. The minimum absolute atomic E-state index is 0.398. The summed E-state index contributed by atoms with van der Waals surface area (Å²) in [6.45, 7) is 9.48. The highest BCUT2D eigenvalue weighted by molar-refractivity contribution is 5.21. The summed E-state index contributed by atoms with van der Waals surface area (Å²) < 4.78 is 0. The van der Waals surface area contributed by atoms with Gasteiger partial charge in [0, 0.05) is 25.2 Å². The quantitative estimate of drug-likeness (QED) is 0.899. The van der Waals surface area contributed by atoms with E-state index in [1.165, 1.54) is 38.2 Å². The van der Waals surface area contributed by atoms with Crippen LogP contribution in [-0.2, 0) is 0 Å². The summed E-state index contributed by atoms with van der Waals surface area (Å²) in [6, 6.07) is 11.8.